The van der Waals surface area contributed by atoms with Gasteiger partial charge < -0.3 is 0 Å². The molecule has 0 amide bonds. The fourth-order valence-electron chi connectivity index (χ4n) is 8.85. The third kappa shape index (κ3) is 6.02. The van der Waals surface area contributed by atoms with Crippen LogP contribution in [-0.2, 0) is 0 Å². The van der Waals surface area contributed by atoms with Crippen molar-refractivity contribution in [2.45, 2.75) is 0 Å². The Morgan fingerprint density at radius 3 is 1.49 bits per heavy atom. The van der Waals surface area contributed by atoms with Crippen LogP contribution in [0, 0.1) is 0 Å². The number of benzene rings is 9. The topological polar surface area (TPSA) is 56.0 Å². The zero-order chi connectivity index (χ0) is 40.3. The van der Waals surface area contributed by atoms with Gasteiger partial charge in [0.15, 0.2) is 17.5 Å². The highest BCUT2D eigenvalue weighted by molar-refractivity contribution is 6.30. The second kappa shape index (κ2) is 14.2. The molecule has 0 radical (unpaired) electrons. The van der Waals surface area contributed by atoms with Gasteiger partial charge in [-0.1, -0.05) is 176 Å². The van der Waals surface area contributed by atoms with Gasteiger partial charge in [-0.15, -0.1) is 0 Å². The molecule has 0 spiro atoms. The van der Waals surface area contributed by atoms with Crippen LogP contribution in [-0.4, -0.2) is 24.3 Å². The van der Waals surface area contributed by atoms with Crippen molar-refractivity contribution < 1.29 is 0 Å². The molecule has 5 nitrogen and oxygen atoms in total. The standard InChI is InChI=1S/C56H35N5/c1-3-13-36(14-4-1)41-18-11-20-44(33-41)55-58-54(59-56(60-55)45-21-12-19-42(34-45)37-15-5-2-6-16-37)40-26-24-38(25-27-40)43-29-30-47-49(35-43)51-46-22-8-7-17-39(46)28-31-48(51)52-53(47)61-32-10-9-23-50(61)57-52/h1-35H. The maximum Gasteiger partial charge on any atom is 0.164 e. The van der Waals surface area contributed by atoms with Gasteiger partial charge in [0, 0.05) is 33.7 Å². The summed E-state index contributed by atoms with van der Waals surface area (Å²) in [6.45, 7) is 0. The van der Waals surface area contributed by atoms with Gasteiger partial charge in [0.1, 0.15) is 5.65 Å². The molecule has 0 aliphatic carbocycles. The summed E-state index contributed by atoms with van der Waals surface area (Å²) < 4.78 is 2.22. The summed E-state index contributed by atoms with van der Waals surface area (Å²) in [6.07, 6.45) is 2.11. The van der Waals surface area contributed by atoms with Crippen molar-refractivity contribution in [1.82, 2.24) is 24.3 Å². The first-order valence-electron chi connectivity index (χ1n) is 20.5. The predicted molar refractivity (Wildman–Crippen MR) is 251 cm³/mol. The predicted octanol–water partition coefficient (Wildman–Crippen LogP) is 14.1. The minimum absolute atomic E-state index is 0.618. The normalized spacial score (nSPS) is 11.6. The van der Waals surface area contributed by atoms with E-state index in [2.05, 4.69) is 199 Å². The molecule has 284 valence electrons. The third-order valence-corrected chi connectivity index (χ3v) is 11.8. The lowest BCUT2D eigenvalue weighted by Crippen LogP contribution is -2.00. The highest BCUT2D eigenvalue weighted by Crippen LogP contribution is 2.41. The highest BCUT2D eigenvalue weighted by atomic mass is 15.0. The first kappa shape index (κ1) is 34.7. The first-order chi connectivity index (χ1) is 30.2. The molecule has 12 rings (SSSR count). The lowest BCUT2D eigenvalue weighted by Gasteiger charge is -2.13. The van der Waals surface area contributed by atoms with E-state index in [1.54, 1.807) is 0 Å². The molecule has 0 saturated carbocycles. The molecule has 0 atom stereocenters. The van der Waals surface area contributed by atoms with Crippen molar-refractivity contribution in [2.24, 2.45) is 0 Å². The second-order valence-electron chi connectivity index (χ2n) is 15.5. The molecule has 0 fully saturated rings. The minimum atomic E-state index is 0.618. The summed E-state index contributed by atoms with van der Waals surface area (Å²) in [5, 5.41) is 7.19. The van der Waals surface area contributed by atoms with Gasteiger partial charge in [-0.3, -0.25) is 4.40 Å². The summed E-state index contributed by atoms with van der Waals surface area (Å²) in [5.41, 5.74) is 12.6. The Bertz CT molecular complexity index is 3530. The van der Waals surface area contributed by atoms with E-state index in [-0.39, 0.29) is 0 Å². The van der Waals surface area contributed by atoms with Crippen LogP contribution in [0.3, 0.4) is 0 Å². The number of imidazole rings is 1. The molecule has 61 heavy (non-hydrogen) atoms. The van der Waals surface area contributed by atoms with Crippen molar-refractivity contribution in [3.8, 4) is 67.5 Å². The Balaban J connectivity index is 0.997. The van der Waals surface area contributed by atoms with E-state index in [0.717, 1.165) is 72.1 Å². The van der Waals surface area contributed by atoms with E-state index in [1.807, 2.05) is 18.2 Å². The van der Waals surface area contributed by atoms with Crippen molar-refractivity contribution in [2.75, 3.05) is 0 Å². The van der Waals surface area contributed by atoms with Gasteiger partial charge in [-0.25, -0.2) is 19.9 Å². The van der Waals surface area contributed by atoms with Crippen LogP contribution in [0.1, 0.15) is 0 Å². The largest absolute Gasteiger partial charge is 0.299 e. The maximum absolute atomic E-state index is 5.15. The Morgan fingerprint density at radius 2 is 0.803 bits per heavy atom. The summed E-state index contributed by atoms with van der Waals surface area (Å²) >= 11 is 0. The Hall–Kier alpha value is -8.28. The van der Waals surface area contributed by atoms with Crippen LogP contribution in [0.15, 0.2) is 212 Å². The van der Waals surface area contributed by atoms with Crippen LogP contribution in [0.5, 0.6) is 0 Å². The zero-order valence-electron chi connectivity index (χ0n) is 32.9. The molecule has 0 saturated heterocycles. The van der Waals surface area contributed by atoms with Crippen molar-refractivity contribution >= 4 is 49.0 Å². The van der Waals surface area contributed by atoms with E-state index in [4.69, 9.17) is 19.9 Å². The smallest absolute Gasteiger partial charge is 0.164 e. The van der Waals surface area contributed by atoms with E-state index >= 15 is 0 Å². The first-order valence-corrected chi connectivity index (χ1v) is 20.5. The van der Waals surface area contributed by atoms with Crippen LogP contribution in [0.4, 0.5) is 0 Å². The van der Waals surface area contributed by atoms with Crippen LogP contribution < -0.4 is 0 Å². The Kier molecular flexibility index (Phi) is 8.10. The molecule has 3 heterocycles. The van der Waals surface area contributed by atoms with Crippen molar-refractivity contribution in [3.05, 3.63) is 212 Å². The lowest BCUT2D eigenvalue weighted by atomic mass is 9.92. The van der Waals surface area contributed by atoms with Crippen molar-refractivity contribution in [1.29, 1.82) is 0 Å². The van der Waals surface area contributed by atoms with Gasteiger partial charge in [-0.05, 0) is 85.3 Å². The van der Waals surface area contributed by atoms with Crippen LogP contribution in [0.25, 0.3) is 117 Å². The van der Waals surface area contributed by atoms with Crippen LogP contribution in [0.2, 0.25) is 0 Å². The van der Waals surface area contributed by atoms with E-state index in [9.17, 15) is 0 Å². The highest BCUT2D eigenvalue weighted by Gasteiger charge is 2.18. The molecule has 9 aromatic carbocycles. The number of pyridine rings is 1. The van der Waals surface area contributed by atoms with Gasteiger partial charge in [0.25, 0.3) is 0 Å². The number of hydrogen-bond donors (Lipinski definition) is 0. The SMILES string of the molecule is c1ccc(-c2cccc(-c3nc(-c4ccc(-c5ccc6c(c5)c5c7ccccc7ccc5c5nc7ccccn7c65)cc4)nc(-c4cccc(-c5ccccc5)c4)n3)c2)cc1. The average molecular weight is 778 g/mol. The molecular formula is C56H35N5. The molecule has 0 unspecified atom stereocenters. The van der Waals surface area contributed by atoms with Crippen molar-refractivity contribution in [3.63, 3.8) is 0 Å². The number of aromatic nitrogens is 5. The summed E-state index contributed by atoms with van der Waals surface area (Å²) in [7, 11) is 0. The fraction of sp³-hybridized carbons (Fsp3) is 0. The quantitative estimate of drug-likeness (QED) is 0.158. The van der Waals surface area contributed by atoms with Gasteiger partial charge in [-0.2, -0.15) is 0 Å². The molecule has 0 aliphatic rings. The van der Waals surface area contributed by atoms with Gasteiger partial charge in [0.2, 0.25) is 0 Å². The average Bonchev–Trinajstić information content (AvgIpc) is 3.74. The van der Waals surface area contributed by atoms with Gasteiger partial charge >= 0.3 is 0 Å². The Morgan fingerprint density at radius 1 is 0.295 bits per heavy atom. The zero-order valence-corrected chi connectivity index (χ0v) is 32.9. The second-order valence-corrected chi connectivity index (χ2v) is 15.5. The number of fused-ring (bicyclic) bond motifs is 10. The number of hydrogen-bond acceptors (Lipinski definition) is 4. The third-order valence-electron chi connectivity index (χ3n) is 11.8. The van der Waals surface area contributed by atoms with Crippen LogP contribution >= 0.6 is 0 Å². The monoisotopic (exact) mass is 777 g/mol. The van der Waals surface area contributed by atoms with E-state index in [1.165, 1.54) is 26.9 Å². The van der Waals surface area contributed by atoms with E-state index in [0.29, 0.717) is 17.5 Å². The molecule has 12 aromatic rings. The summed E-state index contributed by atoms with van der Waals surface area (Å²) in [6, 6.07) is 72.5. The molecule has 0 aliphatic heterocycles. The summed E-state index contributed by atoms with van der Waals surface area (Å²) in [4.78, 5) is 20.5. The van der Waals surface area contributed by atoms with Gasteiger partial charge in [0.05, 0.1) is 11.0 Å². The number of rotatable bonds is 6. The molecule has 0 bridgehead atoms. The molecular weight excluding hydrogens is 743 g/mol. The maximum atomic E-state index is 5.15. The lowest BCUT2D eigenvalue weighted by molar-refractivity contribution is 1.07. The molecule has 3 aromatic heterocycles. The van der Waals surface area contributed by atoms with E-state index < -0.39 is 0 Å². The Labute approximate surface area is 351 Å². The summed E-state index contributed by atoms with van der Waals surface area (Å²) in [5.74, 6) is 1.87. The minimum Gasteiger partial charge on any atom is -0.299 e. The molecule has 5 heteroatoms. The number of nitrogens with zero attached hydrogens (tertiary/aromatic N) is 5. The fourth-order valence-corrected chi connectivity index (χ4v) is 8.85. The molecule has 0 N–H and O–H groups in total.